The van der Waals surface area contributed by atoms with E-state index in [9.17, 15) is 0 Å². The minimum atomic E-state index is -0.00698. The van der Waals surface area contributed by atoms with Gasteiger partial charge in [-0.05, 0) is 53.8 Å². The summed E-state index contributed by atoms with van der Waals surface area (Å²) in [5.41, 5.74) is 8.51. The van der Waals surface area contributed by atoms with Crippen molar-refractivity contribution in [3.8, 4) is 28.5 Å². The first-order valence-electron chi connectivity index (χ1n) is 15.1. The van der Waals surface area contributed by atoms with Gasteiger partial charge in [0.05, 0.1) is 0 Å². The van der Waals surface area contributed by atoms with E-state index in [2.05, 4.69) is 72.8 Å². The molecule has 0 fully saturated rings. The number of benzene rings is 4. The van der Waals surface area contributed by atoms with E-state index in [-0.39, 0.29) is 12.0 Å². The van der Waals surface area contributed by atoms with Gasteiger partial charge in [0.1, 0.15) is 23.0 Å². The van der Waals surface area contributed by atoms with Gasteiger partial charge in [0.2, 0.25) is 0 Å². The van der Waals surface area contributed by atoms with E-state index in [1.165, 1.54) is 16.5 Å². The van der Waals surface area contributed by atoms with Crippen molar-refractivity contribution < 1.29 is 9.15 Å². The maximum absolute atomic E-state index is 6.30. The summed E-state index contributed by atoms with van der Waals surface area (Å²) in [6.07, 6.45) is 14.6. The number of para-hydroxylation sites is 1. The number of fused-ring (bicyclic) bond motifs is 6. The van der Waals surface area contributed by atoms with Crippen molar-refractivity contribution >= 4 is 33.1 Å². The minimum Gasteiger partial charge on any atom is -0.485 e. The highest BCUT2D eigenvalue weighted by Gasteiger charge is 2.35. The lowest BCUT2D eigenvalue weighted by molar-refractivity contribution is 0.269. The Bertz CT molecular complexity index is 2220. The molecule has 0 spiro atoms. The van der Waals surface area contributed by atoms with E-state index in [0.29, 0.717) is 17.5 Å². The van der Waals surface area contributed by atoms with Crippen LogP contribution >= 0.6 is 0 Å². The Morgan fingerprint density at radius 2 is 1.32 bits per heavy atom. The second-order valence-electron chi connectivity index (χ2n) is 11.4. The summed E-state index contributed by atoms with van der Waals surface area (Å²) in [4.78, 5) is 15.2. The van der Waals surface area contributed by atoms with Gasteiger partial charge in [0.15, 0.2) is 17.5 Å². The van der Waals surface area contributed by atoms with Gasteiger partial charge < -0.3 is 9.15 Å². The molecule has 5 nitrogen and oxygen atoms in total. The van der Waals surface area contributed by atoms with Crippen LogP contribution in [0.3, 0.4) is 0 Å². The summed E-state index contributed by atoms with van der Waals surface area (Å²) in [6.45, 7) is 0. The first-order chi connectivity index (χ1) is 21.8. The minimum absolute atomic E-state index is 0.00698. The highest BCUT2D eigenvalue weighted by Crippen LogP contribution is 2.46. The van der Waals surface area contributed by atoms with Crippen LogP contribution in [0.5, 0.6) is 5.75 Å². The van der Waals surface area contributed by atoms with Gasteiger partial charge in [0, 0.05) is 33.4 Å². The molecule has 6 aromatic rings. The van der Waals surface area contributed by atoms with Crippen LogP contribution in [0.15, 0.2) is 132 Å². The van der Waals surface area contributed by atoms with Gasteiger partial charge >= 0.3 is 0 Å². The molecule has 0 N–H and O–H groups in total. The summed E-state index contributed by atoms with van der Waals surface area (Å²) in [5.74, 6) is 3.07. The second kappa shape index (κ2) is 10.0. The molecular formula is C39H27N3O2. The van der Waals surface area contributed by atoms with Crippen LogP contribution in [0.4, 0.5) is 0 Å². The van der Waals surface area contributed by atoms with Crippen LogP contribution < -0.4 is 4.74 Å². The Morgan fingerprint density at radius 1 is 0.591 bits per heavy atom. The summed E-state index contributed by atoms with van der Waals surface area (Å²) in [7, 11) is 0. The number of ether oxygens (including phenoxy) is 1. The zero-order chi connectivity index (χ0) is 29.0. The van der Waals surface area contributed by atoms with E-state index >= 15 is 0 Å². The predicted octanol–water partition coefficient (Wildman–Crippen LogP) is 9.34. The molecule has 2 aliphatic carbocycles. The summed E-state index contributed by atoms with van der Waals surface area (Å²) < 4.78 is 12.5. The van der Waals surface area contributed by atoms with E-state index < -0.39 is 0 Å². The molecule has 3 aliphatic rings. The fourth-order valence-corrected chi connectivity index (χ4v) is 6.74. The molecule has 1 aliphatic heterocycles. The molecule has 210 valence electrons. The standard InChI is InChI=1S/C39H27N3O2/c1-2-10-25(11-3-1)37-40-38(42-39(41-37)30-15-9-19-34-36(30)29-13-5-7-17-32(29)44-34)26-22-20-24(21-23-26)27-14-8-18-33-35(27)28-12-4-6-16-31(28)43-33/h1-20,22,29,32H,21,23H2. The topological polar surface area (TPSA) is 61.0 Å². The van der Waals surface area contributed by atoms with Gasteiger partial charge in [0.25, 0.3) is 0 Å². The number of hydrogen-bond acceptors (Lipinski definition) is 5. The fraction of sp³-hybridized carbons (Fsp3) is 0.103. The third-order valence-corrected chi connectivity index (χ3v) is 8.84. The van der Waals surface area contributed by atoms with Gasteiger partial charge in [-0.15, -0.1) is 0 Å². The monoisotopic (exact) mass is 569 g/mol. The van der Waals surface area contributed by atoms with E-state index in [4.69, 9.17) is 24.1 Å². The molecule has 5 heteroatoms. The third kappa shape index (κ3) is 4.04. The normalized spacial score (nSPS) is 18.5. The van der Waals surface area contributed by atoms with Crippen molar-refractivity contribution in [2.45, 2.75) is 24.9 Å². The third-order valence-electron chi connectivity index (χ3n) is 8.84. The zero-order valence-electron chi connectivity index (χ0n) is 23.9. The molecule has 0 radical (unpaired) electrons. The summed E-state index contributed by atoms with van der Waals surface area (Å²) in [6, 6.07) is 30.9. The number of allylic oxidation sites excluding steroid dienone is 6. The first-order valence-corrected chi connectivity index (χ1v) is 15.1. The smallest absolute Gasteiger partial charge is 0.164 e. The van der Waals surface area contributed by atoms with Gasteiger partial charge in [-0.25, -0.2) is 15.0 Å². The Balaban J connectivity index is 1.17. The number of furan rings is 1. The number of nitrogens with zero attached hydrogens (tertiary/aromatic N) is 3. The molecular weight excluding hydrogens is 542 g/mol. The Kier molecular flexibility index (Phi) is 5.69. The van der Waals surface area contributed by atoms with Crippen LogP contribution in [0.1, 0.15) is 35.7 Å². The highest BCUT2D eigenvalue weighted by atomic mass is 16.5. The van der Waals surface area contributed by atoms with Crippen molar-refractivity contribution in [1.29, 1.82) is 0 Å². The quantitative estimate of drug-likeness (QED) is 0.212. The van der Waals surface area contributed by atoms with Crippen molar-refractivity contribution in [3.05, 3.63) is 144 Å². The molecule has 0 bridgehead atoms. The van der Waals surface area contributed by atoms with Gasteiger partial charge in [-0.2, -0.15) is 0 Å². The molecule has 4 aromatic carbocycles. The first kappa shape index (κ1) is 25.0. The molecule has 2 atom stereocenters. The lowest BCUT2D eigenvalue weighted by Gasteiger charge is -2.17. The maximum Gasteiger partial charge on any atom is 0.164 e. The average Bonchev–Trinajstić information content (AvgIpc) is 3.67. The zero-order valence-corrected chi connectivity index (χ0v) is 23.9. The largest absolute Gasteiger partial charge is 0.485 e. The molecule has 2 aromatic heterocycles. The lowest BCUT2D eigenvalue weighted by atomic mass is 9.88. The highest BCUT2D eigenvalue weighted by molar-refractivity contribution is 6.10. The molecule has 3 heterocycles. The molecule has 9 rings (SSSR count). The Labute approximate surface area is 254 Å². The van der Waals surface area contributed by atoms with Gasteiger partial charge in [-0.1, -0.05) is 103 Å². The number of hydrogen-bond donors (Lipinski definition) is 0. The van der Waals surface area contributed by atoms with Gasteiger partial charge in [-0.3, -0.25) is 0 Å². The molecule has 0 saturated carbocycles. The SMILES string of the molecule is C1=CC2Oc3cccc(-c4nc(C5=CC=C(c6cccc7oc8ccccc8c67)CC5)nc(-c5ccccc5)n4)c3C2C=C1. The van der Waals surface area contributed by atoms with E-state index in [1.807, 2.05) is 54.6 Å². The van der Waals surface area contributed by atoms with Crippen LogP contribution in [0.25, 0.3) is 55.9 Å². The fourth-order valence-electron chi connectivity index (χ4n) is 6.74. The van der Waals surface area contributed by atoms with Crippen molar-refractivity contribution in [2.75, 3.05) is 0 Å². The van der Waals surface area contributed by atoms with Crippen LogP contribution in [0, 0.1) is 0 Å². The molecule has 0 amide bonds. The average molecular weight is 570 g/mol. The molecule has 0 saturated heterocycles. The predicted molar refractivity (Wildman–Crippen MR) is 175 cm³/mol. The lowest BCUT2D eigenvalue weighted by Crippen LogP contribution is -2.16. The number of rotatable bonds is 4. The Morgan fingerprint density at radius 3 is 2.23 bits per heavy atom. The van der Waals surface area contributed by atoms with E-state index in [1.54, 1.807) is 0 Å². The van der Waals surface area contributed by atoms with Crippen LogP contribution in [-0.2, 0) is 0 Å². The number of aromatic nitrogens is 3. The van der Waals surface area contributed by atoms with Crippen molar-refractivity contribution in [1.82, 2.24) is 15.0 Å². The van der Waals surface area contributed by atoms with Crippen molar-refractivity contribution in [3.63, 3.8) is 0 Å². The second-order valence-corrected chi connectivity index (χ2v) is 11.4. The maximum atomic E-state index is 6.30. The van der Waals surface area contributed by atoms with E-state index in [0.717, 1.165) is 57.4 Å². The Hall–Kier alpha value is -5.55. The summed E-state index contributed by atoms with van der Waals surface area (Å²) in [5, 5.41) is 2.32. The molecule has 44 heavy (non-hydrogen) atoms. The van der Waals surface area contributed by atoms with Crippen LogP contribution in [0.2, 0.25) is 0 Å². The summed E-state index contributed by atoms with van der Waals surface area (Å²) >= 11 is 0. The molecule has 2 unspecified atom stereocenters. The van der Waals surface area contributed by atoms with Crippen LogP contribution in [-0.4, -0.2) is 21.1 Å². The van der Waals surface area contributed by atoms with Crippen molar-refractivity contribution in [2.24, 2.45) is 0 Å².